The van der Waals surface area contributed by atoms with E-state index in [0.717, 1.165) is 5.92 Å². The topological polar surface area (TPSA) is 46.2 Å². The van der Waals surface area contributed by atoms with E-state index >= 15 is 0 Å². The minimum absolute atomic E-state index is 0.380. The average Bonchev–Trinajstić information content (AvgIpc) is 2.41. The number of hydrogen-bond acceptors (Lipinski definition) is 3. The van der Waals surface area contributed by atoms with Gasteiger partial charge in [-0.25, -0.2) is 0 Å². The third-order valence-corrected chi connectivity index (χ3v) is 3.11. The highest BCUT2D eigenvalue weighted by Crippen LogP contribution is 2.24. The molecule has 0 radical (unpaired) electrons. The van der Waals surface area contributed by atoms with Crippen molar-refractivity contribution >= 4 is 11.6 Å². The zero-order chi connectivity index (χ0) is 13.4. The molecule has 0 aliphatic carbocycles. The maximum absolute atomic E-state index is 9.79. The van der Waals surface area contributed by atoms with E-state index in [1.807, 2.05) is 0 Å². The van der Waals surface area contributed by atoms with Gasteiger partial charge in [0.15, 0.2) is 11.6 Å². The summed E-state index contributed by atoms with van der Waals surface area (Å²) in [6.07, 6.45) is 2.59. The van der Waals surface area contributed by atoms with Crippen LogP contribution in [0.4, 0.5) is 0 Å². The quantitative estimate of drug-likeness (QED) is 0.816. The highest BCUT2D eigenvalue weighted by Gasteiger charge is 2.13. The van der Waals surface area contributed by atoms with Crippen molar-refractivity contribution in [2.45, 2.75) is 32.6 Å². The molecule has 1 aromatic carbocycles. The Morgan fingerprint density at radius 2 is 1.50 bits per heavy atom. The van der Waals surface area contributed by atoms with Crippen LogP contribution in [-0.4, -0.2) is 24.7 Å². The number of nitrogens with one attached hydrogen (secondary N) is 1. The van der Waals surface area contributed by atoms with Gasteiger partial charge < -0.3 is 5.32 Å². The van der Waals surface area contributed by atoms with Gasteiger partial charge in [-0.05, 0) is 37.4 Å². The first-order valence-electron chi connectivity index (χ1n) is 6.38. The van der Waals surface area contributed by atoms with Crippen LogP contribution in [-0.2, 0) is 9.59 Å². The van der Waals surface area contributed by atoms with E-state index in [2.05, 4.69) is 35.6 Å². The molecule has 1 aliphatic rings. The molecule has 98 valence electrons. The lowest BCUT2D eigenvalue weighted by Gasteiger charge is -2.22. The number of carbonyl (C=O) groups is 2. The van der Waals surface area contributed by atoms with Gasteiger partial charge in [0.25, 0.3) is 0 Å². The number of hydrogen-bond donors (Lipinski definition) is 1. The number of piperidine rings is 1. The zero-order valence-corrected chi connectivity index (χ0v) is 11.1. The SMILES string of the molecule is CC(=O)C(C)=O.c1ccc(C2CCNCC2)cc1. The molecule has 1 fully saturated rings. The molecule has 0 atom stereocenters. The molecule has 0 spiro atoms. The van der Waals surface area contributed by atoms with Crippen LogP contribution in [0, 0.1) is 0 Å². The third kappa shape index (κ3) is 5.23. The van der Waals surface area contributed by atoms with Gasteiger partial charge in [0.05, 0.1) is 0 Å². The first-order chi connectivity index (χ1) is 8.61. The molecule has 0 aromatic heterocycles. The van der Waals surface area contributed by atoms with Crippen molar-refractivity contribution < 1.29 is 9.59 Å². The Bertz CT molecular complexity index is 369. The summed E-state index contributed by atoms with van der Waals surface area (Å²) in [7, 11) is 0. The van der Waals surface area contributed by atoms with Crippen LogP contribution in [0.2, 0.25) is 0 Å². The molecule has 3 nitrogen and oxygen atoms in total. The van der Waals surface area contributed by atoms with Crippen molar-refractivity contribution in [3.63, 3.8) is 0 Å². The summed E-state index contributed by atoms with van der Waals surface area (Å²) in [6, 6.07) is 10.9. The van der Waals surface area contributed by atoms with Crippen molar-refractivity contribution in [2.75, 3.05) is 13.1 Å². The first kappa shape index (κ1) is 14.6. The maximum Gasteiger partial charge on any atom is 0.195 e. The fourth-order valence-electron chi connectivity index (χ4n) is 1.88. The summed E-state index contributed by atoms with van der Waals surface area (Å²) >= 11 is 0. The van der Waals surface area contributed by atoms with E-state index in [4.69, 9.17) is 0 Å². The van der Waals surface area contributed by atoms with Crippen molar-refractivity contribution in [1.29, 1.82) is 0 Å². The Labute approximate surface area is 109 Å². The number of benzene rings is 1. The van der Waals surface area contributed by atoms with Gasteiger partial charge in [-0.3, -0.25) is 9.59 Å². The van der Waals surface area contributed by atoms with Crippen molar-refractivity contribution in [3.05, 3.63) is 35.9 Å². The van der Waals surface area contributed by atoms with E-state index in [1.165, 1.54) is 45.3 Å². The van der Waals surface area contributed by atoms with Crippen molar-refractivity contribution in [3.8, 4) is 0 Å². The highest BCUT2D eigenvalue weighted by molar-refractivity contribution is 6.35. The second-order valence-electron chi connectivity index (χ2n) is 4.55. The Morgan fingerprint density at radius 1 is 1.00 bits per heavy atom. The van der Waals surface area contributed by atoms with Crippen LogP contribution in [0.3, 0.4) is 0 Å². The standard InChI is InChI=1S/C11H15N.C4H6O2/c1-2-4-10(5-3-1)11-6-8-12-9-7-11;1-3(5)4(2)6/h1-5,11-12H,6-9H2;1-2H3. The van der Waals surface area contributed by atoms with Gasteiger partial charge in [0.1, 0.15) is 0 Å². The van der Waals surface area contributed by atoms with E-state index < -0.39 is 0 Å². The summed E-state index contributed by atoms with van der Waals surface area (Å²) in [4.78, 5) is 19.6. The van der Waals surface area contributed by atoms with Crippen LogP contribution in [0.25, 0.3) is 0 Å². The number of ketones is 2. The Hall–Kier alpha value is -1.48. The van der Waals surface area contributed by atoms with Crippen LogP contribution in [0.15, 0.2) is 30.3 Å². The molecule has 1 saturated heterocycles. The summed E-state index contributed by atoms with van der Waals surface area (Å²) < 4.78 is 0. The molecule has 0 bridgehead atoms. The molecule has 1 aliphatic heterocycles. The predicted octanol–water partition coefficient (Wildman–Crippen LogP) is 2.32. The monoisotopic (exact) mass is 247 g/mol. The molecular weight excluding hydrogens is 226 g/mol. The fraction of sp³-hybridized carbons (Fsp3) is 0.467. The van der Waals surface area contributed by atoms with Crippen LogP contribution < -0.4 is 5.32 Å². The Kier molecular flexibility index (Phi) is 6.29. The maximum atomic E-state index is 9.79. The third-order valence-electron chi connectivity index (χ3n) is 3.11. The molecule has 2 rings (SSSR count). The van der Waals surface area contributed by atoms with Crippen LogP contribution in [0.5, 0.6) is 0 Å². The Balaban J connectivity index is 0.000000232. The van der Waals surface area contributed by atoms with Gasteiger partial charge in [0, 0.05) is 13.8 Å². The molecule has 3 heteroatoms. The molecule has 1 aromatic rings. The summed E-state index contributed by atoms with van der Waals surface area (Å²) in [5, 5.41) is 3.38. The minimum Gasteiger partial charge on any atom is -0.317 e. The van der Waals surface area contributed by atoms with Crippen LogP contribution in [0.1, 0.15) is 38.2 Å². The molecule has 0 saturated carbocycles. The zero-order valence-electron chi connectivity index (χ0n) is 11.1. The van der Waals surface area contributed by atoms with Crippen molar-refractivity contribution in [1.82, 2.24) is 5.32 Å². The molecule has 1 heterocycles. The summed E-state index contributed by atoms with van der Waals surface area (Å²) in [5.74, 6) is 0.0393. The lowest BCUT2D eigenvalue weighted by atomic mass is 9.90. The minimum atomic E-state index is -0.380. The summed E-state index contributed by atoms with van der Waals surface area (Å²) in [5.41, 5.74) is 1.51. The van der Waals surface area contributed by atoms with Crippen LogP contribution >= 0.6 is 0 Å². The van der Waals surface area contributed by atoms with E-state index in [9.17, 15) is 9.59 Å². The van der Waals surface area contributed by atoms with Gasteiger partial charge in [0.2, 0.25) is 0 Å². The largest absolute Gasteiger partial charge is 0.317 e. The predicted molar refractivity (Wildman–Crippen MR) is 72.6 cm³/mol. The van der Waals surface area contributed by atoms with Gasteiger partial charge >= 0.3 is 0 Å². The first-order valence-corrected chi connectivity index (χ1v) is 6.38. The molecule has 1 N–H and O–H groups in total. The molecule has 18 heavy (non-hydrogen) atoms. The number of Topliss-reactive ketones (excluding diaryl/α,β-unsaturated/α-hetero) is 2. The lowest BCUT2D eigenvalue weighted by molar-refractivity contribution is -0.134. The number of rotatable bonds is 2. The molecular formula is C15H21NO2. The van der Waals surface area contributed by atoms with Gasteiger partial charge in [-0.15, -0.1) is 0 Å². The molecule has 0 unspecified atom stereocenters. The second-order valence-corrected chi connectivity index (χ2v) is 4.55. The smallest absolute Gasteiger partial charge is 0.195 e. The van der Waals surface area contributed by atoms with E-state index in [-0.39, 0.29) is 11.6 Å². The van der Waals surface area contributed by atoms with Gasteiger partial charge in [-0.1, -0.05) is 30.3 Å². The lowest BCUT2D eigenvalue weighted by Crippen LogP contribution is -2.26. The van der Waals surface area contributed by atoms with E-state index in [1.54, 1.807) is 0 Å². The fourth-order valence-corrected chi connectivity index (χ4v) is 1.88. The van der Waals surface area contributed by atoms with E-state index in [0.29, 0.717) is 0 Å². The van der Waals surface area contributed by atoms with Crippen molar-refractivity contribution in [2.24, 2.45) is 0 Å². The van der Waals surface area contributed by atoms with Gasteiger partial charge in [-0.2, -0.15) is 0 Å². The second kappa shape index (κ2) is 7.77. The highest BCUT2D eigenvalue weighted by atomic mass is 16.2. The Morgan fingerprint density at radius 3 is 1.94 bits per heavy atom. The normalized spacial score (nSPS) is 15.4. The number of carbonyl (C=O) groups excluding carboxylic acids is 2. The summed E-state index contributed by atoms with van der Waals surface area (Å²) in [6.45, 7) is 4.86. The average molecular weight is 247 g/mol. The molecule has 0 amide bonds.